The van der Waals surface area contributed by atoms with Crippen LogP contribution < -0.4 is 4.74 Å². The van der Waals surface area contributed by atoms with Gasteiger partial charge in [-0.25, -0.2) is 4.98 Å². The van der Waals surface area contributed by atoms with Crippen LogP contribution in [0.2, 0.25) is 0 Å². The van der Waals surface area contributed by atoms with E-state index >= 15 is 0 Å². The van der Waals surface area contributed by atoms with Crippen molar-refractivity contribution in [3.8, 4) is 17.4 Å². The molecule has 8 nitrogen and oxygen atoms in total. The monoisotopic (exact) mass is 388 g/mol. The van der Waals surface area contributed by atoms with E-state index in [4.69, 9.17) is 9.26 Å². The van der Waals surface area contributed by atoms with E-state index in [2.05, 4.69) is 20.1 Å². The second kappa shape index (κ2) is 10.1. The SMILES string of the molecule is CCOc1cncc(-c2noc([C@H](CCCC3CCCCC3)CC(=O)O)n2)n1. The van der Waals surface area contributed by atoms with Crippen LogP contribution in [0.5, 0.6) is 5.88 Å². The fourth-order valence-electron chi connectivity index (χ4n) is 3.83. The number of carbonyl (C=O) groups is 1. The van der Waals surface area contributed by atoms with Gasteiger partial charge in [-0.1, -0.05) is 50.1 Å². The topological polar surface area (TPSA) is 111 Å². The number of rotatable bonds is 10. The molecule has 0 bridgehead atoms. The first-order valence-electron chi connectivity index (χ1n) is 10.2. The lowest BCUT2D eigenvalue weighted by Crippen LogP contribution is -2.10. The van der Waals surface area contributed by atoms with Crippen LogP contribution >= 0.6 is 0 Å². The van der Waals surface area contributed by atoms with Crippen molar-refractivity contribution in [2.24, 2.45) is 5.92 Å². The average Bonchev–Trinajstić information content (AvgIpc) is 3.18. The van der Waals surface area contributed by atoms with E-state index in [-0.39, 0.29) is 12.3 Å². The predicted molar refractivity (Wildman–Crippen MR) is 102 cm³/mol. The van der Waals surface area contributed by atoms with Gasteiger partial charge in [0.05, 0.1) is 25.4 Å². The van der Waals surface area contributed by atoms with Crippen LogP contribution in [0.4, 0.5) is 0 Å². The molecule has 2 heterocycles. The molecule has 0 aliphatic heterocycles. The van der Waals surface area contributed by atoms with Crippen molar-refractivity contribution in [3.05, 3.63) is 18.3 Å². The predicted octanol–water partition coefficient (Wildman–Crippen LogP) is 4.23. The van der Waals surface area contributed by atoms with Gasteiger partial charge in [0.1, 0.15) is 5.69 Å². The van der Waals surface area contributed by atoms with Crippen molar-refractivity contribution in [3.63, 3.8) is 0 Å². The third-order valence-corrected chi connectivity index (χ3v) is 5.24. The number of carboxylic acids is 1. The Labute approximate surface area is 164 Å². The summed E-state index contributed by atoms with van der Waals surface area (Å²) in [6.45, 7) is 2.35. The van der Waals surface area contributed by atoms with E-state index in [0.717, 1.165) is 25.2 Å². The summed E-state index contributed by atoms with van der Waals surface area (Å²) in [4.78, 5) is 24.1. The van der Waals surface area contributed by atoms with E-state index < -0.39 is 5.97 Å². The van der Waals surface area contributed by atoms with E-state index in [1.54, 1.807) is 0 Å². The minimum atomic E-state index is -0.861. The number of ether oxygens (including phenoxy) is 1. The first-order chi connectivity index (χ1) is 13.7. The van der Waals surface area contributed by atoms with Crippen LogP contribution in [0.3, 0.4) is 0 Å². The Morgan fingerprint density at radius 1 is 1.29 bits per heavy atom. The lowest BCUT2D eigenvalue weighted by molar-refractivity contribution is -0.137. The summed E-state index contributed by atoms with van der Waals surface area (Å²) in [5, 5.41) is 13.3. The summed E-state index contributed by atoms with van der Waals surface area (Å²) < 4.78 is 10.7. The lowest BCUT2D eigenvalue weighted by Gasteiger charge is -2.21. The zero-order valence-electron chi connectivity index (χ0n) is 16.3. The fraction of sp³-hybridized carbons (Fsp3) is 0.650. The number of hydrogen-bond donors (Lipinski definition) is 1. The van der Waals surface area contributed by atoms with Crippen LogP contribution in [0.25, 0.3) is 11.5 Å². The van der Waals surface area contributed by atoms with Gasteiger partial charge < -0.3 is 14.4 Å². The van der Waals surface area contributed by atoms with Crippen LogP contribution in [0.15, 0.2) is 16.9 Å². The summed E-state index contributed by atoms with van der Waals surface area (Å²) in [5.41, 5.74) is 0.442. The highest BCUT2D eigenvalue weighted by Crippen LogP contribution is 2.31. The van der Waals surface area contributed by atoms with Gasteiger partial charge in [-0.2, -0.15) is 4.98 Å². The minimum absolute atomic E-state index is 0.0169. The Balaban J connectivity index is 1.65. The molecule has 1 aliphatic carbocycles. The maximum atomic E-state index is 11.3. The molecule has 1 fully saturated rings. The zero-order chi connectivity index (χ0) is 19.8. The van der Waals surface area contributed by atoms with Gasteiger partial charge in [-0.15, -0.1) is 0 Å². The van der Waals surface area contributed by atoms with Crippen molar-refractivity contribution in [1.82, 2.24) is 20.1 Å². The van der Waals surface area contributed by atoms with E-state index in [9.17, 15) is 9.90 Å². The van der Waals surface area contributed by atoms with Crippen LogP contribution in [-0.2, 0) is 4.79 Å². The Morgan fingerprint density at radius 2 is 2.11 bits per heavy atom. The molecular weight excluding hydrogens is 360 g/mol. The standard InChI is InChI=1S/C20H28N4O4/c1-2-27-17-13-21-12-16(22-17)19-23-20(28-24-19)15(11-18(25)26)10-6-9-14-7-4-3-5-8-14/h12-15H,2-11H2,1H3,(H,25,26)/t15-/m1/s1. The van der Waals surface area contributed by atoms with Crippen molar-refractivity contribution in [2.75, 3.05) is 6.61 Å². The van der Waals surface area contributed by atoms with Gasteiger partial charge in [-0.3, -0.25) is 9.78 Å². The molecule has 0 radical (unpaired) electrons. The molecule has 0 unspecified atom stereocenters. The summed E-state index contributed by atoms with van der Waals surface area (Å²) in [6.07, 6.45) is 12.4. The number of aliphatic carboxylic acids is 1. The molecule has 0 spiro atoms. The third-order valence-electron chi connectivity index (χ3n) is 5.24. The molecule has 1 atom stereocenters. The Bertz CT molecular complexity index is 758. The van der Waals surface area contributed by atoms with Crippen molar-refractivity contribution in [1.29, 1.82) is 0 Å². The highest BCUT2D eigenvalue weighted by Gasteiger charge is 2.24. The molecule has 0 amide bonds. The number of hydrogen-bond acceptors (Lipinski definition) is 7. The van der Waals surface area contributed by atoms with Crippen molar-refractivity contribution < 1.29 is 19.2 Å². The molecule has 8 heteroatoms. The van der Waals surface area contributed by atoms with Gasteiger partial charge in [0, 0.05) is 5.92 Å². The smallest absolute Gasteiger partial charge is 0.304 e. The summed E-state index contributed by atoms with van der Waals surface area (Å²) in [5.74, 6) is 0.664. The molecule has 1 saturated carbocycles. The highest BCUT2D eigenvalue weighted by molar-refractivity contribution is 5.67. The largest absolute Gasteiger partial charge is 0.481 e. The number of carboxylic acid groups (broad SMARTS) is 1. The number of aromatic nitrogens is 4. The normalized spacial score (nSPS) is 16.0. The molecule has 0 saturated heterocycles. The second-order valence-corrected chi connectivity index (χ2v) is 7.36. The molecule has 1 N–H and O–H groups in total. The Hall–Kier alpha value is -2.51. The fourth-order valence-corrected chi connectivity index (χ4v) is 3.83. The summed E-state index contributed by atoms with van der Waals surface area (Å²) in [7, 11) is 0. The molecular formula is C20H28N4O4. The van der Waals surface area contributed by atoms with Crippen LogP contribution in [0.1, 0.15) is 76.5 Å². The highest BCUT2D eigenvalue weighted by atomic mass is 16.5. The van der Waals surface area contributed by atoms with Gasteiger partial charge in [0.25, 0.3) is 0 Å². The van der Waals surface area contributed by atoms with E-state index in [1.807, 2.05) is 6.92 Å². The molecule has 28 heavy (non-hydrogen) atoms. The van der Waals surface area contributed by atoms with Gasteiger partial charge >= 0.3 is 5.97 Å². The molecule has 152 valence electrons. The molecule has 3 rings (SSSR count). The maximum Gasteiger partial charge on any atom is 0.304 e. The molecule has 2 aromatic rings. The van der Waals surface area contributed by atoms with E-state index in [0.29, 0.717) is 29.9 Å². The Kier molecular flexibility index (Phi) is 7.33. The Morgan fingerprint density at radius 3 is 2.86 bits per heavy atom. The minimum Gasteiger partial charge on any atom is -0.481 e. The second-order valence-electron chi connectivity index (χ2n) is 7.36. The quantitative estimate of drug-likeness (QED) is 0.643. The van der Waals surface area contributed by atoms with Crippen LogP contribution in [0, 0.1) is 5.92 Å². The molecule has 1 aliphatic rings. The summed E-state index contributed by atoms with van der Waals surface area (Å²) >= 11 is 0. The van der Waals surface area contributed by atoms with Crippen LogP contribution in [-0.4, -0.2) is 37.8 Å². The first kappa shape index (κ1) is 20.2. The van der Waals surface area contributed by atoms with Gasteiger partial charge in [0.2, 0.25) is 17.6 Å². The van der Waals surface area contributed by atoms with Crippen molar-refractivity contribution >= 4 is 5.97 Å². The number of nitrogens with zero attached hydrogens (tertiary/aromatic N) is 4. The average molecular weight is 388 g/mol. The first-order valence-corrected chi connectivity index (χ1v) is 10.2. The molecule has 2 aromatic heterocycles. The van der Waals surface area contributed by atoms with Gasteiger partial charge in [0.15, 0.2) is 0 Å². The van der Waals surface area contributed by atoms with E-state index in [1.165, 1.54) is 44.5 Å². The lowest BCUT2D eigenvalue weighted by atomic mass is 9.84. The third kappa shape index (κ3) is 5.74. The van der Waals surface area contributed by atoms with Crippen molar-refractivity contribution in [2.45, 2.75) is 70.6 Å². The van der Waals surface area contributed by atoms with Gasteiger partial charge in [-0.05, 0) is 19.3 Å². The maximum absolute atomic E-state index is 11.3. The summed E-state index contributed by atoms with van der Waals surface area (Å²) in [6, 6.07) is 0. The zero-order valence-corrected chi connectivity index (χ0v) is 16.3. The molecule has 0 aromatic carbocycles.